The van der Waals surface area contributed by atoms with Gasteiger partial charge in [-0.05, 0) is 52.4 Å². The third kappa shape index (κ3) is 4.62. The maximum Gasteiger partial charge on any atom is 0.410 e. The van der Waals surface area contributed by atoms with E-state index in [2.05, 4.69) is 26.8 Å². The lowest BCUT2D eigenvalue weighted by Gasteiger charge is -2.39. The summed E-state index contributed by atoms with van der Waals surface area (Å²) in [7, 11) is 0. The Labute approximate surface area is 129 Å². The number of ether oxygens (including phenoxy) is 1. The molecular formula is C17H30N2O2. The lowest BCUT2D eigenvalue weighted by molar-refractivity contribution is 0.00434. The highest BCUT2D eigenvalue weighted by Gasteiger charge is 2.47. The molecule has 0 saturated carbocycles. The molecule has 0 bridgehead atoms. The summed E-state index contributed by atoms with van der Waals surface area (Å²) < 4.78 is 5.56. The van der Waals surface area contributed by atoms with Gasteiger partial charge < -0.3 is 9.64 Å². The molecule has 1 fully saturated rings. The van der Waals surface area contributed by atoms with Crippen LogP contribution in [0.4, 0.5) is 4.79 Å². The Bertz CT molecular complexity index is 406. The lowest BCUT2D eigenvalue weighted by atomic mass is 9.83. The van der Waals surface area contributed by atoms with Crippen LogP contribution in [0.15, 0.2) is 0 Å². The van der Waals surface area contributed by atoms with Crippen molar-refractivity contribution in [1.82, 2.24) is 4.90 Å². The summed E-state index contributed by atoms with van der Waals surface area (Å²) >= 11 is 0. The van der Waals surface area contributed by atoms with Gasteiger partial charge in [-0.1, -0.05) is 20.8 Å². The normalized spacial score (nSPS) is 26.0. The zero-order chi connectivity index (χ0) is 16.3. The van der Waals surface area contributed by atoms with Crippen molar-refractivity contribution in [3.8, 4) is 6.07 Å². The van der Waals surface area contributed by atoms with E-state index in [1.807, 2.05) is 25.7 Å². The largest absolute Gasteiger partial charge is 0.444 e. The van der Waals surface area contributed by atoms with Gasteiger partial charge >= 0.3 is 6.09 Å². The monoisotopic (exact) mass is 294 g/mol. The molecule has 120 valence electrons. The topological polar surface area (TPSA) is 53.3 Å². The van der Waals surface area contributed by atoms with Crippen LogP contribution < -0.4 is 0 Å². The van der Waals surface area contributed by atoms with E-state index in [9.17, 15) is 10.1 Å². The van der Waals surface area contributed by atoms with Crippen LogP contribution in [0, 0.1) is 23.2 Å². The molecule has 0 aromatic rings. The Morgan fingerprint density at radius 3 is 2.52 bits per heavy atom. The fourth-order valence-corrected chi connectivity index (χ4v) is 3.03. The molecular weight excluding hydrogens is 264 g/mol. The van der Waals surface area contributed by atoms with E-state index >= 15 is 0 Å². The molecule has 0 aliphatic carbocycles. The fraction of sp³-hybridized carbons (Fsp3) is 0.882. The summed E-state index contributed by atoms with van der Waals surface area (Å²) in [6.07, 6.45) is 3.37. The number of carbonyl (C=O) groups excluding carboxylic acids is 1. The van der Waals surface area contributed by atoms with Gasteiger partial charge in [0.05, 0.1) is 12.0 Å². The highest BCUT2D eigenvalue weighted by Crippen LogP contribution is 2.40. The van der Waals surface area contributed by atoms with Crippen molar-refractivity contribution in [2.45, 2.75) is 78.4 Å². The number of hydrogen-bond donors (Lipinski definition) is 0. The Morgan fingerprint density at radius 2 is 2.10 bits per heavy atom. The molecule has 1 heterocycles. The summed E-state index contributed by atoms with van der Waals surface area (Å²) in [5, 5.41) is 9.27. The second-order valence-corrected chi connectivity index (χ2v) is 7.63. The van der Waals surface area contributed by atoms with Crippen LogP contribution in [0.5, 0.6) is 0 Å². The van der Waals surface area contributed by atoms with Gasteiger partial charge in [0.1, 0.15) is 5.60 Å². The van der Waals surface area contributed by atoms with Crippen LogP contribution in [-0.4, -0.2) is 28.7 Å². The Kier molecular flexibility index (Phi) is 5.67. The SMILES string of the molecule is CC[C@]1(CCC(C)C)C[C@H](C#N)CN1C(=O)OC(C)(C)C. The Hall–Kier alpha value is -1.24. The third-order valence-corrected chi connectivity index (χ3v) is 4.24. The molecule has 1 saturated heterocycles. The number of amides is 1. The average molecular weight is 294 g/mol. The highest BCUT2D eigenvalue weighted by atomic mass is 16.6. The van der Waals surface area contributed by atoms with Gasteiger partial charge in [-0.25, -0.2) is 4.79 Å². The van der Waals surface area contributed by atoms with Crippen molar-refractivity contribution < 1.29 is 9.53 Å². The van der Waals surface area contributed by atoms with Gasteiger partial charge in [0, 0.05) is 12.1 Å². The van der Waals surface area contributed by atoms with Gasteiger partial charge in [-0.2, -0.15) is 5.26 Å². The number of hydrogen-bond acceptors (Lipinski definition) is 3. The standard InChI is InChI=1S/C17H30N2O2/c1-7-17(9-8-13(2)3)10-14(11-18)12-19(17)15(20)21-16(4,5)6/h13-14H,7-10,12H2,1-6H3/t14-,17+/m1/s1. The Morgan fingerprint density at radius 1 is 1.48 bits per heavy atom. The van der Waals surface area contributed by atoms with E-state index in [1.165, 1.54) is 0 Å². The van der Waals surface area contributed by atoms with Crippen molar-refractivity contribution >= 4 is 6.09 Å². The van der Waals surface area contributed by atoms with Crippen molar-refractivity contribution in [2.24, 2.45) is 11.8 Å². The van der Waals surface area contributed by atoms with Crippen molar-refractivity contribution in [1.29, 1.82) is 5.26 Å². The van der Waals surface area contributed by atoms with E-state index in [0.717, 1.165) is 25.7 Å². The van der Waals surface area contributed by atoms with E-state index in [-0.39, 0.29) is 17.6 Å². The summed E-state index contributed by atoms with van der Waals surface area (Å²) in [6.45, 7) is 12.6. The second-order valence-electron chi connectivity index (χ2n) is 7.63. The molecule has 1 aliphatic heterocycles. The molecule has 1 amide bonds. The smallest absolute Gasteiger partial charge is 0.410 e. The predicted molar refractivity (Wildman–Crippen MR) is 83.8 cm³/mol. The minimum atomic E-state index is -0.501. The van der Waals surface area contributed by atoms with E-state index in [1.54, 1.807) is 0 Å². The first kappa shape index (κ1) is 17.8. The van der Waals surface area contributed by atoms with Gasteiger partial charge in [-0.3, -0.25) is 0 Å². The van der Waals surface area contributed by atoms with E-state index < -0.39 is 5.60 Å². The number of likely N-dealkylation sites (tertiary alicyclic amines) is 1. The molecule has 0 N–H and O–H groups in total. The summed E-state index contributed by atoms with van der Waals surface area (Å²) in [6, 6.07) is 2.34. The summed E-state index contributed by atoms with van der Waals surface area (Å²) in [5.74, 6) is 0.514. The molecule has 0 spiro atoms. The maximum atomic E-state index is 12.5. The van der Waals surface area contributed by atoms with Crippen molar-refractivity contribution in [2.75, 3.05) is 6.54 Å². The van der Waals surface area contributed by atoms with E-state index in [0.29, 0.717) is 12.5 Å². The summed E-state index contributed by atoms with van der Waals surface area (Å²) in [5.41, 5.74) is -0.716. The molecule has 0 unspecified atom stereocenters. The zero-order valence-electron chi connectivity index (χ0n) is 14.4. The number of rotatable bonds is 4. The highest BCUT2D eigenvalue weighted by molar-refractivity contribution is 5.70. The van der Waals surface area contributed by atoms with Crippen LogP contribution in [-0.2, 0) is 4.74 Å². The van der Waals surface area contributed by atoms with E-state index in [4.69, 9.17) is 4.74 Å². The molecule has 1 rings (SSSR count). The lowest BCUT2D eigenvalue weighted by Crippen LogP contribution is -2.49. The molecule has 0 radical (unpaired) electrons. The molecule has 2 atom stereocenters. The average Bonchev–Trinajstić information content (AvgIpc) is 2.74. The third-order valence-electron chi connectivity index (χ3n) is 4.24. The number of nitriles is 1. The quantitative estimate of drug-likeness (QED) is 0.774. The summed E-state index contributed by atoms with van der Waals surface area (Å²) in [4.78, 5) is 14.4. The molecule has 1 aliphatic rings. The minimum Gasteiger partial charge on any atom is -0.444 e. The van der Waals surface area contributed by atoms with Gasteiger partial charge in [0.2, 0.25) is 0 Å². The number of carbonyl (C=O) groups is 1. The first-order valence-corrected chi connectivity index (χ1v) is 8.04. The molecule has 21 heavy (non-hydrogen) atoms. The molecule has 0 aromatic carbocycles. The van der Waals surface area contributed by atoms with Crippen LogP contribution in [0.1, 0.15) is 67.2 Å². The van der Waals surface area contributed by atoms with Crippen LogP contribution in [0.25, 0.3) is 0 Å². The minimum absolute atomic E-state index is 0.0790. The first-order chi connectivity index (χ1) is 9.63. The predicted octanol–water partition coefficient (Wildman–Crippen LogP) is 4.35. The zero-order valence-corrected chi connectivity index (χ0v) is 14.4. The molecule has 0 aromatic heterocycles. The van der Waals surface area contributed by atoms with Gasteiger partial charge in [0.15, 0.2) is 0 Å². The van der Waals surface area contributed by atoms with Crippen molar-refractivity contribution in [3.05, 3.63) is 0 Å². The Balaban J connectivity index is 2.95. The number of nitrogens with zero attached hydrogens (tertiary/aromatic N) is 2. The van der Waals surface area contributed by atoms with Gasteiger partial charge in [-0.15, -0.1) is 0 Å². The second kappa shape index (κ2) is 6.68. The fourth-order valence-electron chi connectivity index (χ4n) is 3.03. The first-order valence-electron chi connectivity index (χ1n) is 8.04. The van der Waals surface area contributed by atoms with Crippen molar-refractivity contribution in [3.63, 3.8) is 0 Å². The maximum absolute atomic E-state index is 12.5. The van der Waals surface area contributed by atoms with Crippen LogP contribution >= 0.6 is 0 Å². The molecule has 4 nitrogen and oxygen atoms in total. The molecule has 4 heteroatoms. The van der Waals surface area contributed by atoms with Gasteiger partial charge in [0.25, 0.3) is 0 Å². The van der Waals surface area contributed by atoms with Crippen LogP contribution in [0.2, 0.25) is 0 Å². The van der Waals surface area contributed by atoms with Crippen LogP contribution in [0.3, 0.4) is 0 Å².